The Balaban J connectivity index is 3.35. The van der Waals surface area contributed by atoms with E-state index in [2.05, 4.69) is 10.1 Å². The molecule has 0 aromatic carbocycles. The molecule has 0 aliphatic carbocycles. The predicted octanol–water partition coefficient (Wildman–Crippen LogP) is 2.51. The standard InChI is InChI=1S/C9H9Cl3N4/c1-16(2,3)15-9-7(11)6(10)5(4-13)8(12)14-9/h1-3H3/b15-9+. The van der Waals surface area contributed by atoms with Crippen molar-refractivity contribution in [1.82, 2.24) is 0 Å². The highest BCUT2D eigenvalue weighted by atomic mass is 35.5. The van der Waals surface area contributed by atoms with Crippen molar-refractivity contribution in [3.05, 3.63) is 21.0 Å². The molecule has 0 saturated carbocycles. The Hall–Kier alpha value is -0.640. The van der Waals surface area contributed by atoms with Crippen molar-refractivity contribution in [3.63, 3.8) is 0 Å². The van der Waals surface area contributed by atoms with E-state index < -0.39 is 0 Å². The van der Waals surface area contributed by atoms with Crippen LogP contribution in [0.15, 0.2) is 25.7 Å². The first-order valence-electron chi connectivity index (χ1n) is 4.25. The van der Waals surface area contributed by atoms with Crippen LogP contribution in [0.1, 0.15) is 0 Å². The highest BCUT2D eigenvalue weighted by Gasteiger charge is 2.24. The fourth-order valence-electron chi connectivity index (χ4n) is 0.942. The molecule has 1 heterocycles. The lowest BCUT2D eigenvalue weighted by Crippen LogP contribution is -2.29. The molecule has 0 amide bonds. The molecule has 1 aliphatic heterocycles. The minimum atomic E-state index is 0.00380. The van der Waals surface area contributed by atoms with Crippen LogP contribution >= 0.6 is 34.8 Å². The maximum atomic E-state index is 8.80. The minimum absolute atomic E-state index is 0.00380. The van der Waals surface area contributed by atoms with Crippen molar-refractivity contribution in [2.45, 2.75) is 0 Å². The Morgan fingerprint density at radius 2 is 1.75 bits per heavy atom. The van der Waals surface area contributed by atoms with Crippen molar-refractivity contribution in [3.8, 4) is 0 Å². The Kier molecular flexibility index (Phi) is 3.94. The Bertz CT molecular complexity index is 462. The summed E-state index contributed by atoms with van der Waals surface area (Å²) in [4.78, 5) is 3.93. The number of aliphatic imine (C=N–C) groups is 1. The molecular formula is C9H9Cl3N4. The second-order valence-corrected chi connectivity index (χ2v) is 5.00. The van der Waals surface area contributed by atoms with Gasteiger partial charge in [-0.05, 0) is 0 Å². The van der Waals surface area contributed by atoms with Gasteiger partial charge in [0.15, 0.2) is 0 Å². The average molecular weight is 280 g/mol. The molecule has 0 radical (unpaired) electrons. The molecule has 1 aliphatic rings. The van der Waals surface area contributed by atoms with Crippen molar-refractivity contribution in [2.75, 3.05) is 21.1 Å². The van der Waals surface area contributed by atoms with Gasteiger partial charge in [-0.3, -0.25) is 5.87 Å². The van der Waals surface area contributed by atoms with E-state index in [1.54, 1.807) is 0 Å². The van der Waals surface area contributed by atoms with Crippen molar-refractivity contribution < 1.29 is 4.59 Å². The zero-order valence-corrected chi connectivity index (χ0v) is 11.2. The molecule has 0 spiro atoms. The second-order valence-electron chi connectivity index (χ2n) is 3.88. The number of hydrogen-bond donors (Lipinski definition) is 0. The fraction of sp³-hybridized carbons (Fsp3) is 0.333. The lowest BCUT2D eigenvalue weighted by atomic mass is 10.2. The first kappa shape index (κ1) is 13.4. The topological polar surface area (TPSA) is 47.0 Å². The van der Waals surface area contributed by atoms with E-state index in [-0.39, 0.29) is 31.2 Å². The van der Waals surface area contributed by atoms with Crippen molar-refractivity contribution in [1.29, 1.82) is 0 Å². The summed E-state index contributed by atoms with van der Waals surface area (Å²) in [7, 11) is 5.49. The van der Waals surface area contributed by atoms with Crippen LogP contribution in [0, 0.1) is 0 Å². The number of rotatable bonds is 1. The first-order chi connectivity index (χ1) is 7.26. The number of allylic oxidation sites excluding steroid dienone is 2. The minimum Gasteiger partial charge on any atom is -0.763 e. The molecule has 0 saturated heterocycles. The van der Waals surface area contributed by atoms with Crippen LogP contribution in [0.25, 0.3) is 5.41 Å². The van der Waals surface area contributed by atoms with Crippen LogP contribution in [0.4, 0.5) is 0 Å². The number of halogens is 3. The predicted molar refractivity (Wildman–Crippen MR) is 69.4 cm³/mol. The van der Waals surface area contributed by atoms with Gasteiger partial charge in [0.1, 0.15) is 10.2 Å². The third-order valence-corrected chi connectivity index (χ3v) is 2.63. The summed E-state index contributed by atoms with van der Waals surface area (Å²) in [6, 6.07) is 0. The lowest BCUT2D eigenvalue weighted by molar-refractivity contribution is -0.877. The van der Waals surface area contributed by atoms with Crippen LogP contribution in [0.2, 0.25) is 0 Å². The summed E-state index contributed by atoms with van der Waals surface area (Å²) in [5.74, 6) is 2.06. The van der Waals surface area contributed by atoms with Crippen LogP contribution in [-0.2, 0) is 0 Å². The monoisotopic (exact) mass is 278 g/mol. The first-order valence-corrected chi connectivity index (χ1v) is 5.39. The number of amidine groups is 1. The quantitative estimate of drug-likeness (QED) is 0.402. The van der Waals surface area contributed by atoms with E-state index in [1.165, 1.54) is 0 Å². The summed E-state index contributed by atoms with van der Waals surface area (Å²) in [6.45, 7) is 0. The smallest absolute Gasteiger partial charge is 0.229 e. The Morgan fingerprint density at radius 3 is 2.19 bits per heavy atom. The maximum Gasteiger partial charge on any atom is 0.229 e. The van der Waals surface area contributed by atoms with Crippen LogP contribution < -0.4 is 0 Å². The van der Waals surface area contributed by atoms with Crippen LogP contribution in [0.3, 0.4) is 0 Å². The summed E-state index contributed by atoms with van der Waals surface area (Å²) in [6.07, 6.45) is 0. The van der Waals surface area contributed by atoms with Gasteiger partial charge in [0.25, 0.3) is 0 Å². The third-order valence-electron chi connectivity index (χ3n) is 1.53. The van der Waals surface area contributed by atoms with E-state index in [9.17, 15) is 0 Å². The normalized spacial score (nSPS) is 20.0. The van der Waals surface area contributed by atoms with Crippen LogP contribution in [0.5, 0.6) is 0 Å². The van der Waals surface area contributed by atoms with Gasteiger partial charge in [-0.2, -0.15) is 0 Å². The second kappa shape index (κ2) is 4.70. The zero-order valence-electron chi connectivity index (χ0n) is 8.92. The van der Waals surface area contributed by atoms with Gasteiger partial charge in [-0.15, -0.1) is 0 Å². The van der Waals surface area contributed by atoms with Gasteiger partial charge in [0.2, 0.25) is 5.84 Å². The fourth-order valence-corrected chi connectivity index (χ4v) is 1.60. The summed E-state index contributed by atoms with van der Waals surface area (Å²) in [5, 5.41) is 13.2. The van der Waals surface area contributed by atoms with Crippen molar-refractivity contribution in [2.24, 2.45) is 10.1 Å². The summed E-state index contributed by atoms with van der Waals surface area (Å²) in [5.41, 5.74) is 0.0636. The highest BCUT2D eigenvalue weighted by molar-refractivity contribution is 6.74. The molecule has 4 nitrogen and oxygen atoms in total. The molecule has 0 atom stereocenters. The Labute approximate surface area is 109 Å². The molecule has 86 valence electrons. The highest BCUT2D eigenvalue weighted by Crippen LogP contribution is 2.29. The molecule has 0 aromatic heterocycles. The molecule has 0 N–H and O–H groups in total. The average Bonchev–Trinajstić information content (AvgIpc) is 2.12. The molecule has 0 bridgehead atoms. The van der Waals surface area contributed by atoms with Gasteiger partial charge in [-0.25, -0.2) is 9.58 Å². The molecular weight excluding hydrogens is 270 g/mol. The van der Waals surface area contributed by atoms with Gasteiger partial charge in [0.05, 0.1) is 31.7 Å². The summed E-state index contributed by atoms with van der Waals surface area (Å²) < 4.78 is 0.269. The maximum absolute atomic E-state index is 8.80. The molecule has 1 rings (SSSR count). The van der Waals surface area contributed by atoms with E-state index in [4.69, 9.17) is 40.2 Å². The van der Waals surface area contributed by atoms with E-state index >= 15 is 0 Å². The summed E-state index contributed by atoms with van der Waals surface area (Å²) >= 11 is 17.6. The number of dihydropyridines is 1. The molecule has 0 aromatic rings. The van der Waals surface area contributed by atoms with Gasteiger partial charge >= 0.3 is 0 Å². The van der Waals surface area contributed by atoms with Gasteiger partial charge in [-0.1, -0.05) is 39.9 Å². The molecule has 0 fully saturated rings. The van der Waals surface area contributed by atoms with E-state index in [0.717, 1.165) is 0 Å². The third kappa shape index (κ3) is 2.94. The number of nitrogens with zero attached hydrogens (tertiary/aromatic N) is 4. The number of quaternary nitrogens is 1. The molecule has 16 heavy (non-hydrogen) atoms. The number of hydrogen-bond acceptors (Lipinski definition) is 1. The van der Waals surface area contributed by atoms with Gasteiger partial charge < -0.3 is 5.41 Å². The van der Waals surface area contributed by atoms with E-state index in [1.807, 2.05) is 27.0 Å². The molecule has 0 unspecified atom stereocenters. The van der Waals surface area contributed by atoms with Gasteiger partial charge in [0, 0.05) is 0 Å². The largest absolute Gasteiger partial charge is 0.763 e. The van der Waals surface area contributed by atoms with Crippen molar-refractivity contribution >= 4 is 51.7 Å². The van der Waals surface area contributed by atoms with Crippen LogP contribution in [-0.4, -0.2) is 42.6 Å². The molecule has 7 heteroatoms. The van der Waals surface area contributed by atoms with E-state index in [0.29, 0.717) is 0 Å². The SMILES string of the molecule is C[N+](C)(C)/N=C1/N=C(Cl)C(=C=[N-])C(Cl)=C1Cl. The zero-order chi connectivity index (χ0) is 12.5. The Morgan fingerprint density at radius 1 is 1.19 bits per heavy atom. The lowest BCUT2D eigenvalue weighted by Gasteiger charge is -2.18.